The van der Waals surface area contributed by atoms with Crippen molar-refractivity contribution in [3.63, 3.8) is 0 Å². The summed E-state index contributed by atoms with van der Waals surface area (Å²) in [6, 6.07) is 6.88. The zero-order chi connectivity index (χ0) is 20.6. The van der Waals surface area contributed by atoms with Gasteiger partial charge in [0.1, 0.15) is 0 Å². The molecule has 156 valence electrons. The van der Waals surface area contributed by atoms with Gasteiger partial charge < -0.3 is 15.5 Å². The summed E-state index contributed by atoms with van der Waals surface area (Å²) in [6.45, 7) is 5.68. The molecule has 1 aromatic carbocycles. The monoisotopic (exact) mass is 454 g/mol. The number of hydrogen-bond donors (Lipinski definition) is 2. The van der Waals surface area contributed by atoms with Crippen LogP contribution in [0.2, 0.25) is 5.02 Å². The van der Waals surface area contributed by atoms with Gasteiger partial charge in [-0.1, -0.05) is 40.8 Å². The van der Waals surface area contributed by atoms with Crippen molar-refractivity contribution in [3.05, 3.63) is 34.3 Å². The second-order valence-corrected chi connectivity index (χ2v) is 9.26. The van der Waals surface area contributed by atoms with E-state index >= 15 is 0 Å². The highest BCUT2D eigenvalue weighted by atomic mass is 35.5. The van der Waals surface area contributed by atoms with E-state index in [0.29, 0.717) is 21.6 Å². The fourth-order valence-corrected chi connectivity index (χ4v) is 4.48. The maximum Gasteiger partial charge on any atom is 0.286 e. The van der Waals surface area contributed by atoms with Crippen LogP contribution in [0.3, 0.4) is 0 Å². The number of carbonyl (C=O) groups excluding carboxylic acids is 2. The van der Waals surface area contributed by atoms with Crippen LogP contribution in [0, 0.1) is 0 Å². The first kappa shape index (κ1) is 22.0. The van der Waals surface area contributed by atoms with E-state index < -0.39 is 0 Å². The number of carbonyl (C=O) groups is 2. The Bertz CT molecular complexity index is 841. The van der Waals surface area contributed by atoms with E-state index in [0.717, 1.165) is 44.1 Å². The SMILES string of the molecule is CN1CCN(CCNC(=O)CSc2nnc(C(=O)Nc3cccc(Cl)c3)s2)CC1. The maximum absolute atomic E-state index is 12.2. The summed E-state index contributed by atoms with van der Waals surface area (Å²) in [5.74, 6) is -0.162. The lowest BCUT2D eigenvalue weighted by Gasteiger charge is -2.32. The first-order valence-electron chi connectivity index (χ1n) is 9.20. The van der Waals surface area contributed by atoms with Crippen LogP contribution in [-0.4, -0.2) is 83.9 Å². The zero-order valence-corrected chi connectivity index (χ0v) is 18.4. The topological polar surface area (TPSA) is 90.5 Å². The minimum Gasteiger partial charge on any atom is -0.354 e. The van der Waals surface area contributed by atoms with Crippen LogP contribution in [0.1, 0.15) is 9.80 Å². The predicted molar refractivity (Wildman–Crippen MR) is 117 cm³/mol. The fourth-order valence-electron chi connectivity index (χ4n) is 2.71. The molecule has 1 saturated heterocycles. The van der Waals surface area contributed by atoms with Crippen molar-refractivity contribution in [3.8, 4) is 0 Å². The average Bonchev–Trinajstić information content (AvgIpc) is 3.17. The number of thioether (sulfide) groups is 1. The Hall–Kier alpha value is -1.72. The van der Waals surface area contributed by atoms with Crippen LogP contribution in [-0.2, 0) is 4.79 Å². The van der Waals surface area contributed by atoms with Gasteiger partial charge in [0.15, 0.2) is 4.34 Å². The molecule has 1 fully saturated rings. The zero-order valence-electron chi connectivity index (χ0n) is 16.1. The number of aromatic nitrogens is 2. The molecule has 0 bridgehead atoms. The number of nitrogens with zero attached hydrogens (tertiary/aromatic N) is 4. The summed E-state index contributed by atoms with van der Waals surface area (Å²) >= 11 is 8.34. The number of halogens is 1. The highest BCUT2D eigenvalue weighted by molar-refractivity contribution is 8.01. The third kappa shape index (κ3) is 7.23. The molecule has 0 atom stereocenters. The summed E-state index contributed by atoms with van der Waals surface area (Å²) < 4.78 is 0.579. The Balaban J connectivity index is 1.37. The Morgan fingerprint density at radius 2 is 2.03 bits per heavy atom. The third-order valence-electron chi connectivity index (χ3n) is 4.36. The molecular weight excluding hydrogens is 432 g/mol. The molecule has 29 heavy (non-hydrogen) atoms. The van der Waals surface area contributed by atoms with E-state index in [-0.39, 0.29) is 22.6 Å². The van der Waals surface area contributed by atoms with Crippen molar-refractivity contribution in [2.45, 2.75) is 4.34 Å². The van der Waals surface area contributed by atoms with Crippen LogP contribution in [0.15, 0.2) is 28.6 Å². The lowest BCUT2D eigenvalue weighted by atomic mass is 10.3. The van der Waals surface area contributed by atoms with E-state index in [4.69, 9.17) is 11.6 Å². The number of likely N-dealkylation sites (N-methyl/N-ethyl adjacent to an activating group) is 1. The standard InChI is InChI=1S/C18H23ClN6O2S2/c1-24-7-9-25(10-8-24)6-5-20-15(26)12-28-18-23-22-17(29-18)16(27)21-14-4-2-3-13(19)11-14/h2-4,11H,5-10,12H2,1H3,(H,20,26)(H,21,27). The number of benzene rings is 1. The van der Waals surface area contributed by atoms with Crippen molar-refractivity contribution in [1.82, 2.24) is 25.3 Å². The second-order valence-electron chi connectivity index (χ2n) is 6.62. The summed E-state index contributed by atoms with van der Waals surface area (Å²) in [7, 11) is 2.12. The smallest absolute Gasteiger partial charge is 0.286 e. The molecule has 8 nitrogen and oxygen atoms in total. The number of nitrogens with one attached hydrogen (secondary N) is 2. The van der Waals surface area contributed by atoms with Crippen LogP contribution in [0.5, 0.6) is 0 Å². The van der Waals surface area contributed by atoms with Crippen molar-refractivity contribution >= 4 is 52.2 Å². The number of amides is 2. The van der Waals surface area contributed by atoms with E-state index in [9.17, 15) is 9.59 Å². The van der Waals surface area contributed by atoms with Gasteiger partial charge in [0.25, 0.3) is 5.91 Å². The van der Waals surface area contributed by atoms with Gasteiger partial charge in [0, 0.05) is 50.0 Å². The minimum atomic E-state index is -0.353. The van der Waals surface area contributed by atoms with E-state index in [1.165, 1.54) is 11.8 Å². The molecule has 2 aromatic rings. The minimum absolute atomic E-state index is 0.0516. The van der Waals surface area contributed by atoms with Gasteiger partial charge >= 0.3 is 0 Å². The molecule has 1 aliphatic rings. The van der Waals surface area contributed by atoms with E-state index in [1.54, 1.807) is 24.3 Å². The second kappa shape index (κ2) is 10.9. The molecular formula is C18H23ClN6O2S2. The lowest BCUT2D eigenvalue weighted by Crippen LogP contribution is -2.47. The molecule has 1 aliphatic heterocycles. The average molecular weight is 455 g/mol. The van der Waals surface area contributed by atoms with Crippen LogP contribution in [0.4, 0.5) is 5.69 Å². The summed E-state index contributed by atoms with van der Waals surface area (Å²) in [5, 5.41) is 14.3. The number of hydrogen-bond acceptors (Lipinski definition) is 8. The molecule has 0 saturated carbocycles. The Morgan fingerprint density at radius 1 is 1.24 bits per heavy atom. The lowest BCUT2D eigenvalue weighted by molar-refractivity contribution is -0.118. The Kier molecular flexibility index (Phi) is 8.25. The molecule has 2 heterocycles. The van der Waals surface area contributed by atoms with Crippen molar-refractivity contribution in [2.75, 3.05) is 57.4 Å². The quantitative estimate of drug-likeness (QED) is 0.588. The van der Waals surface area contributed by atoms with Gasteiger partial charge in [-0.2, -0.15) is 0 Å². The number of rotatable bonds is 8. The number of piperazine rings is 1. The van der Waals surface area contributed by atoms with Crippen LogP contribution in [0.25, 0.3) is 0 Å². The highest BCUT2D eigenvalue weighted by Crippen LogP contribution is 2.23. The summed E-state index contributed by atoms with van der Waals surface area (Å²) in [5.41, 5.74) is 0.589. The normalized spacial score (nSPS) is 15.2. The fraction of sp³-hybridized carbons (Fsp3) is 0.444. The summed E-state index contributed by atoms with van der Waals surface area (Å²) in [4.78, 5) is 28.9. The molecule has 0 radical (unpaired) electrons. The van der Waals surface area contributed by atoms with E-state index in [2.05, 4.69) is 37.7 Å². The third-order valence-corrected chi connectivity index (χ3v) is 6.65. The van der Waals surface area contributed by atoms with Gasteiger partial charge in [0.2, 0.25) is 10.9 Å². The van der Waals surface area contributed by atoms with Gasteiger partial charge in [0.05, 0.1) is 5.75 Å². The molecule has 3 rings (SSSR count). The first-order chi connectivity index (χ1) is 14.0. The van der Waals surface area contributed by atoms with Crippen molar-refractivity contribution < 1.29 is 9.59 Å². The molecule has 2 N–H and O–H groups in total. The van der Waals surface area contributed by atoms with Gasteiger partial charge in [-0.3, -0.25) is 14.5 Å². The van der Waals surface area contributed by atoms with Gasteiger partial charge in [-0.05, 0) is 25.2 Å². The molecule has 0 aliphatic carbocycles. The van der Waals surface area contributed by atoms with Crippen molar-refractivity contribution in [2.24, 2.45) is 0 Å². The molecule has 1 aromatic heterocycles. The molecule has 0 spiro atoms. The van der Waals surface area contributed by atoms with Gasteiger partial charge in [-0.15, -0.1) is 10.2 Å². The summed E-state index contributed by atoms with van der Waals surface area (Å²) in [6.07, 6.45) is 0. The van der Waals surface area contributed by atoms with Crippen LogP contribution < -0.4 is 10.6 Å². The van der Waals surface area contributed by atoms with Crippen LogP contribution >= 0.6 is 34.7 Å². The predicted octanol–water partition coefficient (Wildman–Crippen LogP) is 1.90. The largest absolute Gasteiger partial charge is 0.354 e. The van der Waals surface area contributed by atoms with E-state index in [1.807, 2.05) is 0 Å². The van der Waals surface area contributed by atoms with Crippen molar-refractivity contribution in [1.29, 1.82) is 0 Å². The molecule has 2 amide bonds. The highest BCUT2D eigenvalue weighted by Gasteiger charge is 2.16. The maximum atomic E-state index is 12.2. The molecule has 0 unspecified atom stereocenters. The molecule has 11 heteroatoms. The first-order valence-corrected chi connectivity index (χ1v) is 11.4. The number of anilines is 1. The van der Waals surface area contributed by atoms with Gasteiger partial charge in [-0.25, -0.2) is 0 Å². The Morgan fingerprint density at radius 3 is 2.79 bits per heavy atom. The Labute approximate surface area is 183 Å².